The van der Waals surface area contributed by atoms with E-state index < -0.39 is 12.0 Å². The van der Waals surface area contributed by atoms with Crippen LogP contribution in [-0.4, -0.2) is 58.4 Å². The first kappa shape index (κ1) is 36.3. The number of methoxy groups -OCH3 is 1. The third kappa shape index (κ3) is 10.2. The van der Waals surface area contributed by atoms with Crippen LogP contribution in [-0.2, 0) is 25.5 Å². The fourth-order valence-corrected chi connectivity index (χ4v) is 7.10. The van der Waals surface area contributed by atoms with Gasteiger partial charge in [0.1, 0.15) is 5.78 Å². The van der Waals surface area contributed by atoms with Crippen molar-refractivity contribution < 1.29 is 23.9 Å². The van der Waals surface area contributed by atoms with E-state index in [1.807, 2.05) is 29.2 Å². The first-order valence-electron chi connectivity index (χ1n) is 17.0. The lowest BCUT2D eigenvalue weighted by Gasteiger charge is -2.40. The van der Waals surface area contributed by atoms with Crippen molar-refractivity contribution in [1.29, 1.82) is 0 Å². The summed E-state index contributed by atoms with van der Waals surface area (Å²) < 4.78 is 6.54. The van der Waals surface area contributed by atoms with Crippen LogP contribution in [0.1, 0.15) is 118 Å². The Labute approximate surface area is 270 Å². The first-order valence-corrected chi connectivity index (χ1v) is 17.0. The fourth-order valence-electron chi connectivity index (χ4n) is 7.10. The van der Waals surface area contributed by atoms with Crippen LogP contribution in [0, 0.1) is 17.3 Å². The highest BCUT2D eigenvalue weighted by molar-refractivity contribution is 5.92. The molecule has 2 aromatic rings. The van der Waals surface area contributed by atoms with Gasteiger partial charge in [-0.2, -0.15) is 0 Å². The maximum Gasteiger partial charge on any atom is 0.418 e. The number of rotatable bonds is 14. The molecule has 0 aliphatic carbocycles. The van der Waals surface area contributed by atoms with Gasteiger partial charge in [0, 0.05) is 48.0 Å². The summed E-state index contributed by atoms with van der Waals surface area (Å²) in [7, 11) is 1.36. The van der Waals surface area contributed by atoms with Gasteiger partial charge in [0.2, 0.25) is 11.8 Å². The molecule has 0 spiro atoms. The molecule has 3 rings (SSSR count). The van der Waals surface area contributed by atoms with Crippen molar-refractivity contribution in [1.82, 2.24) is 14.8 Å². The number of hydrogen-bond donors (Lipinski definition) is 1. The molecule has 45 heavy (non-hydrogen) atoms. The summed E-state index contributed by atoms with van der Waals surface area (Å²) in [4.78, 5) is 55.0. The number of amides is 2. The number of piperidine rings is 1. The number of aromatic nitrogens is 1. The number of hydrogen-bond acceptors (Lipinski definition) is 5. The van der Waals surface area contributed by atoms with Crippen molar-refractivity contribution in [3.63, 3.8) is 0 Å². The van der Waals surface area contributed by atoms with Crippen LogP contribution >= 0.6 is 0 Å². The highest BCUT2D eigenvalue weighted by Gasteiger charge is 2.34. The quantitative estimate of drug-likeness (QED) is 0.233. The van der Waals surface area contributed by atoms with Gasteiger partial charge in [-0.15, -0.1) is 0 Å². The molecule has 2 heterocycles. The summed E-state index contributed by atoms with van der Waals surface area (Å²) in [6.07, 6.45) is 9.80. The molecule has 1 aliphatic heterocycles. The van der Waals surface area contributed by atoms with Crippen molar-refractivity contribution in [2.75, 3.05) is 7.11 Å². The molecule has 0 bridgehead atoms. The number of ketones is 1. The van der Waals surface area contributed by atoms with Crippen molar-refractivity contribution in [2.45, 2.75) is 137 Å². The Hall–Kier alpha value is -3.16. The van der Waals surface area contributed by atoms with E-state index in [9.17, 15) is 19.2 Å². The summed E-state index contributed by atoms with van der Waals surface area (Å²) in [5.74, 6) is -0.425. The van der Waals surface area contributed by atoms with Gasteiger partial charge in [-0.25, -0.2) is 4.79 Å². The predicted octanol–water partition coefficient (Wildman–Crippen LogP) is 7.69. The lowest BCUT2D eigenvalue weighted by atomic mass is 9.82. The molecule has 1 fully saturated rings. The molecule has 1 N–H and O–H groups in total. The average Bonchev–Trinajstić information content (AvgIpc) is 3.33. The van der Waals surface area contributed by atoms with E-state index >= 15 is 0 Å². The van der Waals surface area contributed by atoms with Crippen LogP contribution in [0.25, 0.3) is 10.9 Å². The molecule has 1 aromatic heterocycles. The molecule has 5 atom stereocenters. The number of likely N-dealkylation sites (tertiary alicyclic amines) is 1. The SMILES string of the molecule is CCCC[C@@H](CC[C@@H](Cc1cn(C(=O)OC)c2ccccc12)NC(=O)[C@@H](CC(=O)N1[C@H](C)CCC[C@@H]1C)CC(C)(C)C)C(C)=O. The number of Topliss-reactive ketones (excluding diaryl/α,β-unsaturated/α-hetero) is 1. The zero-order valence-corrected chi connectivity index (χ0v) is 29.0. The van der Waals surface area contributed by atoms with Gasteiger partial charge in [0.05, 0.1) is 12.6 Å². The normalized spacial score (nSPS) is 19.2. The third-order valence-corrected chi connectivity index (χ3v) is 9.46. The van der Waals surface area contributed by atoms with Crippen LogP contribution in [0.4, 0.5) is 4.79 Å². The van der Waals surface area contributed by atoms with Gasteiger partial charge in [-0.3, -0.25) is 19.0 Å². The minimum absolute atomic E-state index is 0.0491. The van der Waals surface area contributed by atoms with Crippen LogP contribution < -0.4 is 5.32 Å². The second-order valence-electron chi connectivity index (χ2n) is 14.5. The lowest BCUT2D eigenvalue weighted by molar-refractivity contribution is -0.142. The Bertz CT molecular complexity index is 1300. The summed E-state index contributed by atoms with van der Waals surface area (Å²) in [6.45, 7) is 14.3. The molecular formula is C37H57N3O5. The molecular weight excluding hydrogens is 566 g/mol. The first-order chi connectivity index (χ1) is 21.2. The third-order valence-electron chi connectivity index (χ3n) is 9.46. The molecule has 1 saturated heterocycles. The second-order valence-corrected chi connectivity index (χ2v) is 14.5. The van der Waals surface area contributed by atoms with Gasteiger partial charge in [-0.05, 0) is 89.2 Å². The number of nitrogens with one attached hydrogen (secondary N) is 1. The molecule has 0 radical (unpaired) electrons. The molecule has 8 nitrogen and oxygen atoms in total. The number of unbranched alkanes of at least 4 members (excludes halogenated alkanes) is 1. The zero-order chi connectivity index (χ0) is 33.3. The average molecular weight is 624 g/mol. The molecule has 0 unspecified atom stereocenters. The summed E-state index contributed by atoms with van der Waals surface area (Å²) in [6, 6.07) is 7.75. The molecule has 250 valence electrons. The number of benzene rings is 1. The Morgan fingerprint density at radius 1 is 1.00 bits per heavy atom. The molecule has 2 amide bonds. The van der Waals surface area contributed by atoms with Crippen molar-refractivity contribution in [2.24, 2.45) is 17.3 Å². The van der Waals surface area contributed by atoms with Gasteiger partial charge in [0.15, 0.2) is 0 Å². The lowest BCUT2D eigenvalue weighted by Crippen LogP contribution is -2.49. The van der Waals surface area contributed by atoms with Crippen molar-refractivity contribution in [3.8, 4) is 0 Å². The minimum Gasteiger partial charge on any atom is -0.452 e. The molecule has 1 aliphatic rings. The topological polar surface area (TPSA) is 97.7 Å². The summed E-state index contributed by atoms with van der Waals surface area (Å²) >= 11 is 0. The predicted molar refractivity (Wildman–Crippen MR) is 180 cm³/mol. The van der Waals surface area contributed by atoms with Gasteiger partial charge in [-0.1, -0.05) is 58.7 Å². The minimum atomic E-state index is -0.473. The Morgan fingerprint density at radius 2 is 1.67 bits per heavy atom. The van der Waals surface area contributed by atoms with E-state index in [4.69, 9.17) is 4.74 Å². The molecule has 8 heteroatoms. The fraction of sp³-hybridized carbons (Fsp3) is 0.676. The van der Waals surface area contributed by atoms with Crippen LogP contribution in [0.3, 0.4) is 0 Å². The number of nitrogens with zero attached hydrogens (tertiary/aromatic N) is 2. The van der Waals surface area contributed by atoms with E-state index in [0.29, 0.717) is 25.7 Å². The van der Waals surface area contributed by atoms with E-state index in [1.54, 1.807) is 13.1 Å². The van der Waals surface area contributed by atoms with Crippen LogP contribution in [0.15, 0.2) is 30.5 Å². The van der Waals surface area contributed by atoms with Crippen LogP contribution in [0.5, 0.6) is 0 Å². The second kappa shape index (κ2) is 16.4. The van der Waals surface area contributed by atoms with Crippen LogP contribution in [0.2, 0.25) is 0 Å². The highest BCUT2D eigenvalue weighted by atomic mass is 16.5. The summed E-state index contributed by atoms with van der Waals surface area (Å²) in [5.41, 5.74) is 1.52. The maximum absolute atomic E-state index is 14.1. The highest BCUT2D eigenvalue weighted by Crippen LogP contribution is 2.31. The molecule has 0 saturated carbocycles. The number of carbonyl (C=O) groups is 4. The smallest absolute Gasteiger partial charge is 0.418 e. The number of ether oxygens (including phenoxy) is 1. The van der Waals surface area contributed by atoms with Crippen molar-refractivity contribution in [3.05, 3.63) is 36.0 Å². The van der Waals surface area contributed by atoms with E-state index in [1.165, 1.54) is 11.7 Å². The largest absolute Gasteiger partial charge is 0.452 e. The van der Waals surface area contributed by atoms with E-state index in [0.717, 1.165) is 55.0 Å². The zero-order valence-electron chi connectivity index (χ0n) is 29.0. The number of carbonyl (C=O) groups excluding carboxylic acids is 4. The van der Waals surface area contributed by atoms with E-state index in [2.05, 4.69) is 46.9 Å². The standard InChI is InChI=1S/C37H57N3O5/c1-9-10-16-28(27(4)41)19-20-31(21-30-24-39(36(44)45-8)33-18-12-11-17-32(30)33)38-35(43)29(23-37(5,6)7)22-34(42)40-25(2)14-13-15-26(40)3/h11-12,17-18,24-26,28-29,31H,9-10,13-16,19-23H2,1-8H3,(H,38,43)/t25-,26+,28-,29-,31-/m0/s1. The van der Waals surface area contributed by atoms with Gasteiger partial charge >= 0.3 is 6.09 Å². The maximum atomic E-state index is 14.1. The van der Waals surface area contributed by atoms with Gasteiger partial charge in [0.25, 0.3) is 0 Å². The van der Waals surface area contributed by atoms with Gasteiger partial charge < -0.3 is 15.0 Å². The Kier molecular flexibility index (Phi) is 13.2. The van der Waals surface area contributed by atoms with E-state index in [-0.39, 0.29) is 53.5 Å². The number of fused-ring (bicyclic) bond motifs is 1. The number of para-hydroxylation sites is 1. The summed E-state index contributed by atoms with van der Waals surface area (Å²) in [5, 5.41) is 4.26. The Balaban J connectivity index is 1.91. The van der Waals surface area contributed by atoms with Crippen molar-refractivity contribution >= 4 is 34.6 Å². The monoisotopic (exact) mass is 623 g/mol. The Morgan fingerprint density at radius 3 is 2.27 bits per heavy atom. The molecule has 1 aromatic carbocycles.